The van der Waals surface area contributed by atoms with Crippen molar-refractivity contribution in [3.63, 3.8) is 0 Å². The molecule has 626 valence electrons. The number of halogens is 6. The van der Waals surface area contributed by atoms with E-state index < -0.39 is 34.9 Å². The van der Waals surface area contributed by atoms with Crippen molar-refractivity contribution in [3.05, 3.63) is 207 Å². The molecule has 7 aromatic rings. The largest absolute Gasteiger partial charge is 0.491 e. The van der Waals surface area contributed by atoms with Gasteiger partial charge in [0.15, 0.2) is 34.7 Å². The van der Waals surface area contributed by atoms with Gasteiger partial charge in [0.25, 0.3) is 0 Å². The van der Waals surface area contributed by atoms with E-state index in [9.17, 15) is 26.3 Å². The molecule has 0 aromatic heterocycles. The van der Waals surface area contributed by atoms with Crippen LogP contribution in [0.1, 0.15) is 356 Å². The molecule has 0 N–H and O–H groups in total. The summed E-state index contributed by atoms with van der Waals surface area (Å²) < 4.78 is 101. The molecule has 6 aliphatic rings. The number of rotatable bonds is 28. The molecule has 6 aliphatic carbocycles. The maximum absolute atomic E-state index is 14.6. The lowest BCUT2D eigenvalue weighted by Crippen LogP contribution is -2.25. The smallest absolute Gasteiger partial charge is 0.201 e. The van der Waals surface area contributed by atoms with Crippen LogP contribution in [0.5, 0.6) is 17.2 Å². The molecule has 0 spiro atoms. The van der Waals surface area contributed by atoms with Gasteiger partial charge in [-0.25, -0.2) is 13.2 Å². The van der Waals surface area contributed by atoms with Crippen molar-refractivity contribution in [2.45, 2.75) is 337 Å². The lowest BCUT2D eigenvalue weighted by molar-refractivity contribution is 0.155. The highest BCUT2D eigenvalue weighted by Gasteiger charge is 2.35. The highest BCUT2D eigenvalue weighted by atomic mass is 19.2. The standard InChI is InChI=1S/C25H32F2O.C23H34F2O.C22H34.C18H22.C17H24F2O/c1-3-5-17-28-23-16-15-22(24(26)25(23)27)21-13-11-20(12-14-21)19-9-7-18(6-4-2)8-10-19;1-3-5-16-6-8-17(9-7-16)18-10-12-19(13-11-18)20-14-15-21(26-4-2)23(25)22(20)24;1-3-4-18-7-11-20(12-8-18)22-15-13-21(14-16-22)19-9-5-17(2)6-10-19;1-3-4-5-6-16-9-13-18(14-10-16)17-11-7-15(2)8-12-17;1-3-5-12-6-8-13(9-7-12)14-10-11-15(20-4-2)17(19)16(14)18/h11-16,18-19H,3-10,17H2,1-2H3;14-19H,3-13H2,1-2H3;5-6,9-10,18,20-22H,3-4,7-8,11-16H2,1-2H3;7-14H,3-6H2,1-2H3;10-13H,3-9H2,1-2H3. The van der Waals surface area contributed by atoms with Crippen LogP contribution < -0.4 is 14.2 Å². The maximum atomic E-state index is 14.6. The second-order valence-corrected chi connectivity index (χ2v) is 35.3. The van der Waals surface area contributed by atoms with Gasteiger partial charge in [-0.05, 0) is 315 Å². The molecule has 114 heavy (non-hydrogen) atoms. The summed E-state index contributed by atoms with van der Waals surface area (Å²) in [6, 6.07) is 44.8. The molecule has 13 rings (SSSR count). The minimum Gasteiger partial charge on any atom is -0.491 e. The summed E-state index contributed by atoms with van der Waals surface area (Å²) in [6.45, 7) is 22.3. The minimum absolute atomic E-state index is 0.00448. The lowest BCUT2D eigenvalue weighted by atomic mass is 9.68. The van der Waals surface area contributed by atoms with E-state index in [0.29, 0.717) is 48.0 Å². The second-order valence-electron chi connectivity index (χ2n) is 35.3. The topological polar surface area (TPSA) is 27.7 Å². The van der Waals surface area contributed by atoms with Gasteiger partial charge in [-0.1, -0.05) is 258 Å². The summed E-state index contributed by atoms with van der Waals surface area (Å²) in [5, 5.41) is 0. The third-order valence-corrected chi connectivity index (χ3v) is 27.2. The average molecular weight is 1570 g/mol. The van der Waals surface area contributed by atoms with Crippen LogP contribution >= 0.6 is 0 Å². The first-order valence-corrected chi connectivity index (χ1v) is 46.1. The lowest BCUT2D eigenvalue weighted by Gasteiger charge is -2.38. The Morgan fingerprint density at radius 3 is 0.982 bits per heavy atom. The Hall–Kier alpha value is -6.48. The van der Waals surface area contributed by atoms with Gasteiger partial charge in [0.1, 0.15) is 0 Å². The Labute approximate surface area is 687 Å². The van der Waals surface area contributed by atoms with Crippen LogP contribution in [0.4, 0.5) is 26.3 Å². The predicted molar refractivity (Wildman–Crippen MR) is 468 cm³/mol. The van der Waals surface area contributed by atoms with E-state index in [1.807, 2.05) is 19.1 Å². The van der Waals surface area contributed by atoms with E-state index in [1.165, 1.54) is 232 Å². The second kappa shape index (κ2) is 49.0. The van der Waals surface area contributed by atoms with E-state index >= 15 is 0 Å². The Bertz CT molecular complexity index is 3800. The van der Waals surface area contributed by atoms with E-state index in [4.69, 9.17) is 14.2 Å². The van der Waals surface area contributed by atoms with E-state index in [-0.39, 0.29) is 29.1 Å². The van der Waals surface area contributed by atoms with Crippen molar-refractivity contribution in [1.29, 1.82) is 0 Å². The highest BCUT2D eigenvalue weighted by molar-refractivity contribution is 5.66. The van der Waals surface area contributed by atoms with E-state index in [1.54, 1.807) is 49.7 Å². The number of hydrogen-bond acceptors (Lipinski definition) is 3. The fourth-order valence-electron chi connectivity index (χ4n) is 20.3. The Kier molecular flexibility index (Phi) is 39.3. The molecule has 0 aliphatic heterocycles. The molecule has 0 amide bonds. The zero-order chi connectivity index (χ0) is 81.1. The fraction of sp³-hybridized carbons (Fsp3) is 0.600. The van der Waals surface area contributed by atoms with Gasteiger partial charge < -0.3 is 14.2 Å². The van der Waals surface area contributed by atoms with Gasteiger partial charge >= 0.3 is 0 Å². The first-order valence-electron chi connectivity index (χ1n) is 46.1. The molecular formula is C105H146F6O3. The minimum atomic E-state index is -0.896. The fourth-order valence-corrected chi connectivity index (χ4v) is 20.3. The summed E-state index contributed by atoms with van der Waals surface area (Å²) in [5.74, 6) is 4.46. The van der Waals surface area contributed by atoms with Gasteiger partial charge in [0, 0.05) is 5.56 Å². The Morgan fingerprint density at radius 2 is 0.588 bits per heavy atom. The van der Waals surface area contributed by atoms with Gasteiger partial charge in [0.2, 0.25) is 17.5 Å². The van der Waals surface area contributed by atoms with Crippen LogP contribution in [-0.4, -0.2) is 19.8 Å². The number of benzene rings is 7. The van der Waals surface area contributed by atoms with Crippen molar-refractivity contribution < 1.29 is 40.6 Å². The molecule has 7 aromatic carbocycles. The van der Waals surface area contributed by atoms with Crippen LogP contribution in [0.25, 0.3) is 22.3 Å². The molecule has 0 atom stereocenters. The molecule has 9 heteroatoms. The summed E-state index contributed by atoms with van der Waals surface area (Å²) in [4.78, 5) is 0. The van der Waals surface area contributed by atoms with Crippen molar-refractivity contribution in [2.24, 2.45) is 47.3 Å². The molecule has 6 saturated carbocycles. The zero-order valence-corrected chi connectivity index (χ0v) is 72.1. The van der Waals surface area contributed by atoms with Gasteiger partial charge in [0.05, 0.1) is 19.8 Å². The summed E-state index contributed by atoms with van der Waals surface area (Å²) in [5.41, 5.74) is 11.8. The van der Waals surface area contributed by atoms with Crippen LogP contribution in [-0.2, 0) is 6.42 Å². The summed E-state index contributed by atoms with van der Waals surface area (Å²) >= 11 is 0. The molecular weight excluding hydrogens is 1420 g/mol. The van der Waals surface area contributed by atoms with Gasteiger partial charge in [-0.2, -0.15) is 13.2 Å². The van der Waals surface area contributed by atoms with Crippen molar-refractivity contribution >= 4 is 0 Å². The monoisotopic (exact) mass is 1570 g/mol. The quantitative estimate of drug-likeness (QED) is 0.0361. The summed E-state index contributed by atoms with van der Waals surface area (Å²) in [6.07, 6.45) is 48.7. The molecule has 0 heterocycles. The van der Waals surface area contributed by atoms with Gasteiger partial charge in [-0.15, -0.1) is 0 Å². The van der Waals surface area contributed by atoms with Crippen LogP contribution in [0.15, 0.2) is 133 Å². The summed E-state index contributed by atoms with van der Waals surface area (Å²) in [7, 11) is 0. The molecule has 6 fully saturated rings. The van der Waals surface area contributed by atoms with Crippen LogP contribution in [0, 0.1) is 96.1 Å². The highest BCUT2D eigenvalue weighted by Crippen LogP contribution is 2.48. The van der Waals surface area contributed by atoms with Crippen molar-refractivity contribution in [1.82, 2.24) is 0 Å². The number of hydrogen-bond donors (Lipinski definition) is 0. The first kappa shape index (κ1) is 91.4. The molecule has 0 saturated heterocycles. The molecule has 0 unspecified atom stereocenters. The third-order valence-electron chi connectivity index (χ3n) is 27.2. The van der Waals surface area contributed by atoms with Gasteiger partial charge in [-0.3, -0.25) is 0 Å². The number of aryl methyl sites for hydroxylation is 3. The first-order chi connectivity index (χ1) is 55.5. The van der Waals surface area contributed by atoms with E-state index in [2.05, 4.69) is 133 Å². The zero-order valence-electron chi connectivity index (χ0n) is 72.1. The molecule has 3 nitrogen and oxygen atoms in total. The maximum Gasteiger partial charge on any atom is 0.201 e. The Morgan fingerprint density at radius 1 is 0.272 bits per heavy atom. The van der Waals surface area contributed by atoms with E-state index in [0.717, 1.165) is 105 Å². The normalized spacial score (nSPS) is 23.5. The van der Waals surface area contributed by atoms with Crippen molar-refractivity contribution in [2.75, 3.05) is 19.8 Å². The third kappa shape index (κ3) is 27.6. The van der Waals surface area contributed by atoms with Crippen LogP contribution in [0.2, 0.25) is 0 Å². The SMILES string of the molecule is CCCC1CCC(C2CCC(c3ccc(C)cc3)CC2)CC1.CCCC1CCC(C2CCC(c3ccc(OCC)c(F)c3F)CC2)CC1.CCCC1CCC(c2ccc(OCC)c(F)c2F)CC1.CCCCCc1ccc(-c2ccc(C)cc2)cc1.CCCCOc1ccc(-c2ccc(C3CCC(CCC)CC3)cc2)c(F)c1F. The predicted octanol–water partition coefficient (Wildman–Crippen LogP) is 32.8. The molecule has 0 radical (unpaired) electrons. The number of ether oxygens (including phenoxy) is 3. The Balaban J connectivity index is 0.000000165. The average Bonchev–Trinajstić information content (AvgIpc) is 0.804. The number of unbranched alkanes of at least 4 members (excludes halogenated alkanes) is 3. The van der Waals surface area contributed by atoms with Crippen molar-refractivity contribution in [3.8, 4) is 39.5 Å². The van der Waals surface area contributed by atoms with Crippen LogP contribution in [0.3, 0.4) is 0 Å². The molecule has 0 bridgehead atoms.